The van der Waals surface area contributed by atoms with E-state index in [0.29, 0.717) is 6.54 Å². The molecule has 1 aliphatic carbocycles. The second-order valence-corrected chi connectivity index (χ2v) is 5.45. The lowest BCUT2D eigenvalue weighted by atomic mass is 9.67. The van der Waals surface area contributed by atoms with E-state index < -0.39 is 6.36 Å². The Balaban J connectivity index is 2.18. The minimum atomic E-state index is -4.64. The average Bonchev–Trinajstić information content (AvgIpc) is 2.39. The van der Waals surface area contributed by atoms with Crippen LogP contribution in [0.15, 0.2) is 24.3 Å². The van der Waals surface area contributed by atoms with Crippen LogP contribution in [0.25, 0.3) is 0 Å². The summed E-state index contributed by atoms with van der Waals surface area (Å²) < 4.78 is 40.4. The molecular weight excluding hydrogens is 267 g/mol. The summed E-state index contributed by atoms with van der Waals surface area (Å²) >= 11 is 0. The van der Waals surface area contributed by atoms with E-state index in [1.807, 2.05) is 0 Å². The van der Waals surface area contributed by atoms with E-state index >= 15 is 0 Å². The van der Waals surface area contributed by atoms with Crippen LogP contribution in [0.5, 0.6) is 5.75 Å². The fraction of sp³-hybridized carbons (Fsp3) is 0.600. The number of benzene rings is 1. The zero-order valence-corrected chi connectivity index (χ0v) is 11.4. The minimum Gasteiger partial charge on any atom is -0.406 e. The zero-order chi connectivity index (χ0) is 14.6. The van der Waals surface area contributed by atoms with Crippen molar-refractivity contribution < 1.29 is 17.9 Å². The first kappa shape index (κ1) is 15.2. The van der Waals surface area contributed by atoms with Gasteiger partial charge in [0.1, 0.15) is 5.75 Å². The van der Waals surface area contributed by atoms with Gasteiger partial charge in [0.15, 0.2) is 0 Å². The number of hydrogen-bond acceptors (Lipinski definition) is 2. The van der Waals surface area contributed by atoms with Crippen molar-refractivity contribution in [2.45, 2.75) is 50.3 Å². The highest BCUT2D eigenvalue weighted by Crippen LogP contribution is 2.42. The van der Waals surface area contributed by atoms with Gasteiger partial charge in [0.05, 0.1) is 0 Å². The van der Waals surface area contributed by atoms with Crippen LogP contribution in [0, 0.1) is 0 Å². The van der Waals surface area contributed by atoms with E-state index in [1.165, 1.54) is 18.6 Å². The van der Waals surface area contributed by atoms with Gasteiger partial charge in [-0.1, -0.05) is 31.4 Å². The second-order valence-electron chi connectivity index (χ2n) is 5.45. The van der Waals surface area contributed by atoms with Gasteiger partial charge < -0.3 is 10.5 Å². The third kappa shape index (κ3) is 3.66. The maximum atomic E-state index is 12.2. The van der Waals surface area contributed by atoms with Crippen LogP contribution in [0.1, 0.15) is 44.1 Å². The normalized spacial score (nSPS) is 18.8. The number of nitrogens with two attached hydrogens (primary N) is 1. The molecule has 1 aromatic rings. The van der Waals surface area contributed by atoms with E-state index in [2.05, 4.69) is 4.74 Å². The number of rotatable bonds is 4. The lowest BCUT2D eigenvalue weighted by molar-refractivity contribution is -0.274. The van der Waals surface area contributed by atoms with Crippen LogP contribution in [-0.4, -0.2) is 12.9 Å². The summed E-state index contributed by atoms with van der Waals surface area (Å²) in [7, 11) is 0. The molecule has 0 unspecified atom stereocenters. The first-order chi connectivity index (χ1) is 9.45. The molecule has 1 fully saturated rings. The number of alkyl halides is 3. The van der Waals surface area contributed by atoms with Gasteiger partial charge in [0.2, 0.25) is 0 Å². The van der Waals surface area contributed by atoms with Gasteiger partial charge in [-0.2, -0.15) is 0 Å². The molecule has 0 amide bonds. The third-order valence-corrected chi connectivity index (χ3v) is 4.13. The van der Waals surface area contributed by atoms with E-state index in [0.717, 1.165) is 37.7 Å². The largest absolute Gasteiger partial charge is 0.573 e. The standard InChI is InChI=1S/C15H20F3NO/c16-15(17,18)20-13-6-4-12(5-7-13)14(10-11-19)8-2-1-3-9-14/h4-7H,1-3,8-11,19H2. The first-order valence-corrected chi connectivity index (χ1v) is 7.02. The average molecular weight is 287 g/mol. The summed E-state index contributed by atoms with van der Waals surface area (Å²) in [5.74, 6) is -0.167. The van der Waals surface area contributed by atoms with Crippen LogP contribution in [-0.2, 0) is 5.41 Å². The Labute approximate surface area is 117 Å². The van der Waals surface area contributed by atoms with Crippen LogP contribution in [0.4, 0.5) is 13.2 Å². The van der Waals surface area contributed by atoms with Gasteiger partial charge in [-0.25, -0.2) is 0 Å². The van der Waals surface area contributed by atoms with E-state index in [4.69, 9.17) is 5.73 Å². The molecule has 2 nitrogen and oxygen atoms in total. The Kier molecular flexibility index (Phi) is 4.58. The van der Waals surface area contributed by atoms with Crippen molar-refractivity contribution >= 4 is 0 Å². The smallest absolute Gasteiger partial charge is 0.406 e. The zero-order valence-electron chi connectivity index (χ0n) is 11.4. The highest BCUT2D eigenvalue weighted by atomic mass is 19.4. The molecule has 112 valence electrons. The monoisotopic (exact) mass is 287 g/mol. The van der Waals surface area contributed by atoms with Crippen molar-refractivity contribution in [1.29, 1.82) is 0 Å². The van der Waals surface area contributed by atoms with Gasteiger partial charge >= 0.3 is 6.36 Å². The summed E-state index contributed by atoms with van der Waals surface area (Å²) in [6.45, 7) is 0.598. The van der Waals surface area contributed by atoms with Crippen molar-refractivity contribution in [3.05, 3.63) is 29.8 Å². The van der Waals surface area contributed by atoms with Crippen molar-refractivity contribution in [2.75, 3.05) is 6.54 Å². The number of ether oxygens (including phenoxy) is 1. The molecule has 2 N–H and O–H groups in total. The van der Waals surface area contributed by atoms with Crippen LogP contribution in [0.2, 0.25) is 0 Å². The predicted octanol–water partition coefficient (Wildman–Crippen LogP) is 4.14. The molecule has 0 spiro atoms. The van der Waals surface area contributed by atoms with E-state index in [-0.39, 0.29) is 11.2 Å². The molecule has 1 saturated carbocycles. The molecule has 0 aromatic heterocycles. The quantitative estimate of drug-likeness (QED) is 0.903. The summed E-state index contributed by atoms with van der Waals surface area (Å²) in [6.07, 6.45) is 1.89. The Bertz CT molecular complexity index is 416. The van der Waals surface area contributed by atoms with Crippen molar-refractivity contribution in [2.24, 2.45) is 5.73 Å². The Morgan fingerprint density at radius 1 is 1.05 bits per heavy atom. The molecule has 0 aliphatic heterocycles. The highest BCUT2D eigenvalue weighted by Gasteiger charge is 2.34. The van der Waals surface area contributed by atoms with Gasteiger partial charge in [-0.15, -0.1) is 13.2 Å². The van der Waals surface area contributed by atoms with Crippen molar-refractivity contribution in [3.8, 4) is 5.75 Å². The molecule has 5 heteroatoms. The van der Waals surface area contributed by atoms with Gasteiger partial charge in [0, 0.05) is 0 Å². The Morgan fingerprint density at radius 3 is 2.15 bits per heavy atom. The lowest BCUT2D eigenvalue weighted by Crippen LogP contribution is -2.31. The molecule has 2 rings (SSSR count). The molecule has 20 heavy (non-hydrogen) atoms. The molecule has 1 aromatic carbocycles. The van der Waals surface area contributed by atoms with E-state index in [1.54, 1.807) is 12.1 Å². The number of hydrogen-bond donors (Lipinski definition) is 1. The van der Waals surface area contributed by atoms with Crippen molar-refractivity contribution in [1.82, 2.24) is 0 Å². The van der Waals surface area contributed by atoms with Gasteiger partial charge in [-0.3, -0.25) is 0 Å². The summed E-state index contributed by atoms with van der Waals surface area (Å²) in [4.78, 5) is 0. The SMILES string of the molecule is NCCC1(c2ccc(OC(F)(F)F)cc2)CCCCC1. The summed E-state index contributed by atoms with van der Waals surface area (Å²) in [6, 6.07) is 6.30. The lowest BCUT2D eigenvalue weighted by Gasteiger charge is -2.38. The highest BCUT2D eigenvalue weighted by molar-refractivity contribution is 5.33. The Morgan fingerprint density at radius 2 is 1.65 bits per heavy atom. The second kappa shape index (κ2) is 6.04. The van der Waals surface area contributed by atoms with Crippen molar-refractivity contribution in [3.63, 3.8) is 0 Å². The fourth-order valence-corrected chi connectivity index (χ4v) is 3.20. The predicted molar refractivity (Wildman–Crippen MR) is 71.6 cm³/mol. The molecule has 0 saturated heterocycles. The van der Waals surface area contributed by atoms with Gasteiger partial charge in [0.25, 0.3) is 0 Å². The van der Waals surface area contributed by atoms with Crippen LogP contribution >= 0.6 is 0 Å². The molecule has 0 radical (unpaired) electrons. The fourth-order valence-electron chi connectivity index (χ4n) is 3.20. The molecule has 1 aliphatic rings. The maximum absolute atomic E-state index is 12.2. The van der Waals surface area contributed by atoms with E-state index in [9.17, 15) is 13.2 Å². The minimum absolute atomic E-state index is 0.0315. The molecular formula is C15H20F3NO. The summed E-state index contributed by atoms with van der Waals surface area (Å²) in [5.41, 5.74) is 6.83. The van der Waals surface area contributed by atoms with Gasteiger partial charge in [-0.05, 0) is 48.9 Å². The molecule has 0 bridgehead atoms. The third-order valence-electron chi connectivity index (χ3n) is 4.13. The Hall–Kier alpha value is -1.23. The molecule has 0 atom stereocenters. The van der Waals surface area contributed by atoms with Crippen LogP contribution < -0.4 is 10.5 Å². The number of halogens is 3. The van der Waals surface area contributed by atoms with Crippen LogP contribution in [0.3, 0.4) is 0 Å². The maximum Gasteiger partial charge on any atom is 0.573 e. The summed E-state index contributed by atoms with van der Waals surface area (Å²) in [5, 5.41) is 0. The molecule has 0 heterocycles. The first-order valence-electron chi connectivity index (χ1n) is 7.02. The topological polar surface area (TPSA) is 35.2 Å².